The Morgan fingerprint density at radius 2 is 1.68 bits per heavy atom. The van der Waals surface area contributed by atoms with Crippen molar-refractivity contribution >= 4 is 25.6 Å². The zero-order valence-corrected chi connectivity index (χ0v) is 16.3. The lowest BCUT2D eigenvalue weighted by molar-refractivity contribution is 0.124. The van der Waals surface area contributed by atoms with Gasteiger partial charge in [0.15, 0.2) is 8.32 Å². The molecule has 2 atom stereocenters. The number of halogens is 1. The molecule has 1 N–H and O–H groups in total. The minimum atomic E-state index is -1.72. The Labute approximate surface area is 141 Å². The first-order valence-electron chi connectivity index (χ1n) is 8.39. The summed E-state index contributed by atoms with van der Waals surface area (Å²) >= 11 is 5.97. The zero-order chi connectivity index (χ0) is 16.4. The van der Waals surface area contributed by atoms with Crippen LogP contribution in [0.15, 0.2) is 24.3 Å². The molecule has 1 aliphatic rings. The van der Waals surface area contributed by atoms with Crippen molar-refractivity contribution in [1.82, 2.24) is 0 Å². The summed E-state index contributed by atoms with van der Waals surface area (Å²) in [5, 5.41) is 4.71. The van der Waals surface area contributed by atoms with Gasteiger partial charge in [-0.15, -0.1) is 0 Å². The number of hydrogen-bond acceptors (Lipinski definition) is 2. The number of anilines is 1. The van der Waals surface area contributed by atoms with E-state index in [1.807, 2.05) is 12.1 Å². The maximum atomic E-state index is 6.70. The Morgan fingerprint density at radius 3 is 2.27 bits per heavy atom. The maximum Gasteiger partial charge on any atom is 0.192 e. The average Bonchev–Trinajstić information content (AvgIpc) is 2.42. The average molecular weight is 340 g/mol. The summed E-state index contributed by atoms with van der Waals surface area (Å²) in [6.07, 6.45) is 5.23. The van der Waals surface area contributed by atoms with E-state index in [0.29, 0.717) is 12.1 Å². The van der Waals surface area contributed by atoms with Gasteiger partial charge in [0.25, 0.3) is 0 Å². The summed E-state index contributed by atoms with van der Waals surface area (Å²) in [5.41, 5.74) is 1.14. The third kappa shape index (κ3) is 4.50. The van der Waals surface area contributed by atoms with Gasteiger partial charge >= 0.3 is 0 Å². The van der Waals surface area contributed by atoms with Crippen LogP contribution < -0.4 is 5.32 Å². The van der Waals surface area contributed by atoms with Crippen LogP contribution in [-0.2, 0) is 4.43 Å². The van der Waals surface area contributed by atoms with Crippen LogP contribution in [-0.4, -0.2) is 20.5 Å². The Balaban J connectivity index is 2.06. The summed E-state index contributed by atoms with van der Waals surface area (Å²) in [4.78, 5) is 0. The summed E-state index contributed by atoms with van der Waals surface area (Å²) in [7, 11) is -1.72. The number of benzene rings is 1. The molecule has 0 bridgehead atoms. The van der Waals surface area contributed by atoms with E-state index in [0.717, 1.165) is 17.1 Å². The van der Waals surface area contributed by atoms with Gasteiger partial charge in [-0.25, -0.2) is 0 Å². The minimum Gasteiger partial charge on any atom is -0.412 e. The molecule has 0 amide bonds. The molecule has 1 aromatic carbocycles. The van der Waals surface area contributed by atoms with Crippen molar-refractivity contribution in [2.24, 2.45) is 0 Å². The zero-order valence-electron chi connectivity index (χ0n) is 14.6. The third-order valence-electron chi connectivity index (χ3n) is 5.15. The van der Waals surface area contributed by atoms with E-state index >= 15 is 0 Å². The number of rotatable bonds is 4. The van der Waals surface area contributed by atoms with Gasteiger partial charge in [-0.1, -0.05) is 45.2 Å². The molecule has 4 heteroatoms. The van der Waals surface area contributed by atoms with Gasteiger partial charge in [-0.05, 0) is 55.2 Å². The molecule has 0 unspecified atom stereocenters. The van der Waals surface area contributed by atoms with Crippen LogP contribution in [0.25, 0.3) is 0 Å². The van der Waals surface area contributed by atoms with Crippen molar-refractivity contribution in [3.8, 4) is 0 Å². The fourth-order valence-corrected chi connectivity index (χ4v) is 4.24. The van der Waals surface area contributed by atoms with Gasteiger partial charge in [0.2, 0.25) is 0 Å². The normalized spacial score (nSPS) is 23.4. The van der Waals surface area contributed by atoms with E-state index in [1.165, 1.54) is 19.3 Å². The van der Waals surface area contributed by atoms with E-state index in [9.17, 15) is 0 Å². The van der Waals surface area contributed by atoms with Crippen LogP contribution in [0.2, 0.25) is 23.2 Å². The van der Waals surface area contributed by atoms with E-state index in [1.54, 1.807) is 0 Å². The molecule has 0 saturated heterocycles. The van der Waals surface area contributed by atoms with Gasteiger partial charge in [-0.2, -0.15) is 0 Å². The van der Waals surface area contributed by atoms with E-state index in [4.69, 9.17) is 16.0 Å². The minimum absolute atomic E-state index is 0.259. The molecular weight excluding hydrogens is 310 g/mol. The molecule has 0 aliphatic heterocycles. The van der Waals surface area contributed by atoms with Crippen LogP contribution >= 0.6 is 11.6 Å². The third-order valence-corrected chi connectivity index (χ3v) is 9.91. The van der Waals surface area contributed by atoms with Crippen LogP contribution in [0.1, 0.15) is 46.5 Å². The molecule has 0 radical (unpaired) electrons. The van der Waals surface area contributed by atoms with Gasteiger partial charge in [0, 0.05) is 10.7 Å². The molecule has 1 aliphatic carbocycles. The summed E-state index contributed by atoms with van der Waals surface area (Å²) in [5.74, 6) is 0. The Kier molecular flexibility index (Phi) is 5.62. The first-order valence-corrected chi connectivity index (χ1v) is 11.7. The number of hydrogen-bond donors (Lipinski definition) is 1. The highest BCUT2D eigenvalue weighted by Crippen LogP contribution is 2.39. The fourth-order valence-electron chi connectivity index (χ4n) is 2.72. The second-order valence-electron chi connectivity index (χ2n) is 7.96. The SMILES string of the molecule is CC(C)(C)[Si](C)(C)O[C@@H]1CCCC[C@H]1Nc1ccc(Cl)cc1. The lowest BCUT2D eigenvalue weighted by atomic mass is 9.92. The van der Waals surface area contributed by atoms with E-state index in [-0.39, 0.29) is 5.04 Å². The van der Waals surface area contributed by atoms with Crippen LogP contribution in [0.5, 0.6) is 0 Å². The lowest BCUT2D eigenvalue weighted by Gasteiger charge is -2.43. The Hall–Kier alpha value is -0.513. The highest BCUT2D eigenvalue weighted by Gasteiger charge is 2.41. The first kappa shape index (κ1) is 17.8. The second kappa shape index (κ2) is 6.94. The van der Waals surface area contributed by atoms with Crippen molar-refractivity contribution in [3.63, 3.8) is 0 Å². The lowest BCUT2D eigenvalue weighted by Crippen LogP contribution is -2.49. The van der Waals surface area contributed by atoms with Crippen LogP contribution in [0.4, 0.5) is 5.69 Å². The number of nitrogens with one attached hydrogen (secondary N) is 1. The molecule has 2 nitrogen and oxygen atoms in total. The Morgan fingerprint density at radius 1 is 1.09 bits per heavy atom. The molecule has 1 fully saturated rings. The summed E-state index contributed by atoms with van der Waals surface area (Å²) in [6.45, 7) is 11.6. The highest BCUT2D eigenvalue weighted by atomic mass is 35.5. The van der Waals surface area contributed by atoms with Crippen molar-refractivity contribution in [2.75, 3.05) is 5.32 Å². The second-order valence-corrected chi connectivity index (χ2v) is 13.2. The summed E-state index contributed by atoms with van der Waals surface area (Å²) < 4.78 is 6.70. The van der Waals surface area contributed by atoms with Gasteiger partial charge in [0.1, 0.15) is 0 Å². The molecule has 22 heavy (non-hydrogen) atoms. The monoisotopic (exact) mass is 339 g/mol. The first-order chi connectivity index (χ1) is 10.2. The molecular formula is C18H30ClNOSi. The predicted octanol–water partition coefficient (Wildman–Crippen LogP) is 6.08. The smallest absolute Gasteiger partial charge is 0.192 e. The maximum absolute atomic E-state index is 6.70. The van der Waals surface area contributed by atoms with E-state index < -0.39 is 8.32 Å². The van der Waals surface area contributed by atoms with Gasteiger partial charge < -0.3 is 9.74 Å². The van der Waals surface area contributed by atoms with Crippen LogP contribution in [0, 0.1) is 0 Å². The summed E-state index contributed by atoms with van der Waals surface area (Å²) in [6, 6.07) is 8.40. The Bertz CT molecular complexity index is 481. The highest BCUT2D eigenvalue weighted by molar-refractivity contribution is 6.74. The molecule has 1 aromatic rings. The van der Waals surface area contributed by atoms with Gasteiger partial charge in [0.05, 0.1) is 12.1 Å². The van der Waals surface area contributed by atoms with E-state index in [2.05, 4.69) is 51.3 Å². The molecule has 1 saturated carbocycles. The standard InChI is InChI=1S/C18H30ClNOSi/c1-18(2,3)22(4,5)21-17-9-7-6-8-16(17)20-15-12-10-14(19)11-13-15/h10-13,16-17,20H,6-9H2,1-5H3/t16-,17-/m1/s1. The molecule has 124 valence electrons. The molecule has 0 heterocycles. The predicted molar refractivity (Wildman–Crippen MR) is 99.4 cm³/mol. The van der Waals surface area contributed by atoms with Crippen molar-refractivity contribution < 1.29 is 4.43 Å². The fraction of sp³-hybridized carbons (Fsp3) is 0.667. The van der Waals surface area contributed by atoms with Crippen molar-refractivity contribution in [2.45, 2.75) is 76.7 Å². The molecule has 2 rings (SSSR count). The van der Waals surface area contributed by atoms with Crippen LogP contribution in [0.3, 0.4) is 0 Å². The quantitative estimate of drug-likeness (QED) is 0.670. The molecule has 0 aromatic heterocycles. The van der Waals surface area contributed by atoms with Crippen molar-refractivity contribution in [1.29, 1.82) is 0 Å². The topological polar surface area (TPSA) is 21.3 Å². The molecule has 0 spiro atoms. The largest absolute Gasteiger partial charge is 0.412 e. The van der Waals surface area contributed by atoms with Crippen molar-refractivity contribution in [3.05, 3.63) is 29.3 Å². The van der Waals surface area contributed by atoms with Gasteiger partial charge in [-0.3, -0.25) is 0 Å².